The van der Waals surface area contributed by atoms with E-state index in [9.17, 15) is 4.79 Å². The van der Waals surface area contributed by atoms with Crippen LogP contribution in [0.25, 0.3) is 22.2 Å². The van der Waals surface area contributed by atoms with Gasteiger partial charge in [0.1, 0.15) is 28.7 Å². The number of carbonyl (C=O) groups excluding carboxylic acids is 1. The third kappa shape index (κ3) is 9.05. The third-order valence-electron chi connectivity index (χ3n) is 7.09. The number of likely N-dealkylation sites (N-methyl/N-ethyl adjacent to an activating group) is 2. The number of amides is 1. The van der Waals surface area contributed by atoms with E-state index in [2.05, 4.69) is 56.2 Å². The number of methoxy groups -OCH3 is 2. The summed E-state index contributed by atoms with van der Waals surface area (Å²) in [5.74, 6) is 1.44. The SMILES string of the molecule is COc1cc(OC)c(Cl)c(-c2ccc(C(=O)Nc3ccc(CN(C)CCN(C)C)cn3)c3nccnc23)c1Cl.Cc1ccc(N)nc1. The van der Waals surface area contributed by atoms with E-state index in [0.717, 1.165) is 30.8 Å². The smallest absolute Gasteiger partial charge is 0.259 e. The zero-order chi connectivity index (χ0) is 34.1. The highest BCUT2D eigenvalue weighted by Crippen LogP contribution is 2.47. The Morgan fingerprint density at radius 3 is 2.09 bits per heavy atom. The maximum absolute atomic E-state index is 13.3. The van der Waals surface area contributed by atoms with Crippen LogP contribution >= 0.6 is 23.2 Å². The number of aryl methyl sites for hydroxylation is 1. The number of nitrogen functional groups attached to an aromatic ring is 1. The van der Waals surface area contributed by atoms with Crippen molar-refractivity contribution >= 4 is 51.8 Å². The number of aromatic nitrogens is 4. The zero-order valence-electron chi connectivity index (χ0n) is 27.2. The summed E-state index contributed by atoms with van der Waals surface area (Å²) >= 11 is 13.3. The maximum Gasteiger partial charge on any atom is 0.259 e. The minimum atomic E-state index is -0.365. The Morgan fingerprint density at radius 2 is 1.53 bits per heavy atom. The Bertz CT molecular complexity index is 1770. The molecule has 0 atom stereocenters. The molecule has 47 heavy (non-hydrogen) atoms. The van der Waals surface area contributed by atoms with Gasteiger partial charge < -0.3 is 30.3 Å². The number of anilines is 2. The van der Waals surface area contributed by atoms with Gasteiger partial charge >= 0.3 is 0 Å². The van der Waals surface area contributed by atoms with Crippen molar-refractivity contribution in [3.63, 3.8) is 0 Å². The Balaban J connectivity index is 0.000000546. The maximum atomic E-state index is 13.3. The Labute approximate surface area is 284 Å². The first-order chi connectivity index (χ1) is 22.5. The van der Waals surface area contributed by atoms with Crippen LogP contribution in [0.15, 0.2) is 67.3 Å². The molecule has 0 saturated heterocycles. The first kappa shape index (κ1) is 35.3. The lowest BCUT2D eigenvalue weighted by atomic mass is 9.99. The fraction of sp³-hybridized carbons (Fsp3) is 0.265. The van der Waals surface area contributed by atoms with Gasteiger partial charge in [0.25, 0.3) is 5.91 Å². The van der Waals surface area contributed by atoms with Gasteiger partial charge in [0.2, 0.25) is 0 Å². The number of pyridine rings is 2. The lowest BCUT2D eigenvalue weighted by molar-refractivity contribution is 0.102. The molecular weight excluding hydrogens is 639 g/mol. The highest BCUT2D eigenvalue weighted by Gasteiger charge is 2.23. The van der Waals surface area contributed by atoms with Crippen LogP contribution in [-0.4, -0.2) is 84.1 Å². The van der Waals surface area contributed by atoms with Crippen molar-refractivity contribution in [2.45, 2.75) is 13.5 Å². The fourth-order valence-corrected chi connectivity index (χ4v) is 5.28. The highest BCUT2D eigenvalue weighted by atomic mass is 35.5. The molecule has 0 fully saturated rings. The third-order valence-corrected chi connectivity index (χ3v) is 7.85. The zero-order valence-corrected chi connectivity index (χ0v) is 28.7. The van der Waals surface area contributed by atoms with Crippen LogP contribution in [0.3, 0.4) is 0 Å². The number of rotatable bonds is 10. The molecule has 2 aromatic carbocycles. The van der Waals surface area contributed by atoms with Crippen molar-refractivity contribution in [1.82, 2.24) is 29.7 Å². The van der Waals surface area contributed by atoms with Crippen LogP contribution in [0, 0.1) is 6.92 Å². The molecule has 0 radical (unpaired) electrons. The van der Waals surface area contributed by atoms with Crippen molar-refractivity contribution in [3.8, 4) is 22.6 Å². The van der Waals surface area contributed by atoms with E-state index >= 15 is 0 Å². The number of halogens is 2. The standard InChI is InChI=1S/C28H30Cl2N6O3.C6H8N2/c1-35(2)12-13-36(3)16-17-6-9-22(33-15-17)34-28(37)19-8-7-18(26-27(19)32-11-10-31-26)23-24(29)20(38-4)14-21(39-5)25(23)30;1-5-2-3-6(7)8-4-5/h6-11,14-15H,12-13,16H2,1-5H3,(H,33,34,37);2-4H,1H3,(H2,7,8). The number of nitrogens with two attached hydrogens (primary N) is 1. The first-order valence-corrected chi connectivity index (χ1v) is 15.4. The van der Waals surface area contributed by atoms with Crippen molar-refractivity contribution < 1.29 is 14.3 Å². The molecule has 13 heteroatoms. The van der Waals surface area contributed by atoms with Gasteiger partial charge in [0, 0.05) is 61.6 Å². The highest BCUT2D eigenvalue weighted by molar-refractivity contribution is 6.41. The van der Waals surface area contributed by atoms with Crippen molar-refractivity contribution in [3.05, 3.63) is 94.0 Å². The molecule has 0 unspecified atom stereocenters. The molecular formula is C34H38Cl2N8O3. The van der Waals surface area contributed by atoms with Gasteiger partial charge in [0.15, 0.2) is 0 Å². The summed E-state index contributed by atoms with van der Waals surface area (Å²) in [6.07, 6.45) is 6.58. The summed E-state index contributed by atoms with van der Waals surface area (Å²) in [6.45, 7) is 4.65. The monoisotopic (exact) mass is 676 g/mol. The topological polar surface area (TPSA) is 132 Å². The lowest BCUT2D eigenvalue weighted by Crippen LogP contribution is -2.28. The number of nitrogens with one attached hydrogen (secondary N) is 1. The minimum absolute atomic E-state index is 0.295. The number of benzene rings is 2. The summed E-state index contributed by atoms with van der Waals surface area (Å²) in [5.41, 5.74) is 9.74. The second-order valence-corrected chi connectivity index (χ2v) is 11.8. The molecule has 0 spiro atoms. The average Bonchev–Trinajstić information content (AvgIpc) is 3.06. The van der Waals surface area contributed by atoms with E-state index in [1.807, 2.05) is 19.1 Å². The van der Waals surface area contributed by atoms with Gasteiger partial charge in [-0.2, -0.15) is 0 Å². The van der Waals surface area contributed by atoms with Crippen LogP contribution in [0.1, 0.15) is 21.5 Å². The molecule has 246 valence electrons. The number of hydrogen-bond acceptors (Lipinski definition) is 10. The Kier molecular flexibility index (Phi) is 12.3. The molecule has 0 bridgehead atoms. The fourth-order valence-electron chi connectivity index (χ4n) is 4.58. The summed E-state index contributed by atoms with van der Waals surface area (Å²) < 4.78 is 10.8. The van der Waals surface area contributed by atoms with Crippen LogP contribution < -0.4 is 20.5 Å². The van der Waals surface area contributed by atoms with Gasteiger partial charge in [-0.1, -0.05) is 41.4 Å². The van der Waals surface area contributed by atoms with Gasteiger partial charge in [0.05, 0.1) is 35.3 Å². The molecule has 11 nitrogen and oxygen atoms in total. The second kappa shape index (κ2) is 16.3. The normalized spacial score (nSPS) is 10.9. The molecule has 3 aromatic heterocycles. The molecule has 0 aliphatic rings. The number of ether oxygens (including phenoxy) is 2. The van der Waals surface area contributed by atoms with Crippen LogP contribution in [-0.2, 0) is 6.54 Å². The van der Waals surface area contributed by atoms with E-state index < -0.39 is 0 Å². The average molecular weight is 678 g/mol. The van der Waals surface area contributed by atoms with Crippen LogP contribution in [0.4, 0.5) is 11.6 Å². The van der Waals surface area contributed by atoms with E-state index in [4.69, 9.17) is 38.4 Å². The largest absolute Gasteiger partial charge is 0.495 e. The number of fused-ring (bicyclic) bond motifs is 1. The lowest BCUT2D eigenvalue weighted by Gasteiger charge is -2.19. The van der Waals surface area contributed by atoms with Gasteiger partial charge in [-0.05, 0) is 57.4 Å². The van der Waals surface area contributed by atoms with Gasteiger partial charge in [-0.3, -0.25) is 14.8 Å². The molecule has 3 heterocycles. The molecule has 0 aliphatic heterocycles. The first-order valence-electron chi connectivity index (χ1n) is 14.6. The summed E-state index contributed by atoms with van der Waals surface area (Å²) in [6, 6.07) is 12.5. The van der Waals surface area contributed by atoms with E-state index in [0.29, 0.717) is 60.9 Å². The molecule has 0 aliphatic carbocycles. The van der Waals surface area contributed by atoms with E-state index in [1.165, 1.54) is 20.4 Å². The summed E-state index contributed by atoms with van der Waals surface area (Å²) in [4.78, 5) is 34.9. The predicted octanol–water partition coefficient (Wildman–Crippen LogP) is 6.23. The minimum Gasteiger partial charge on any atom is -0.495 e. The quantitative estimate of drug-likeness (QED) is 0.175. The Morgan fingerprint density at radius 1 is 0.851 bits per heavy atom. The summed E-state index contributed by atoms with van der Waals surface area (Å²) in [7, 11) is 9.18. The molecule has 1 amide bonds. The van der Waals surface area contributed by atoms with Crippen LogP contribution in [0.5, 0.6) is 11.5 Å². The number of nitrogens with zero attached hydrogens (tertiary/aromatic N) is 6. The van der Waals surface area contributed by atoms with E-state index in [1.54, 1.807) is 48.9 Å². The number of carbonyl (C=O) groups is 1. The molecule has 0 saturated carbocycles. The summed E-state index contributed by atoms with van der Waals surface area (Å²) in [5, 5.41) is 3.45. The Hall–Kier alpha value is -4.55. The van der Waals surface area contributed by atoms with E-state index in [-0.39, 0.29) is 5.91 Å². The predicted molar refractivity (Wildman–Crippen MR) is 189 cm³/mol. The van der Waals surface area contributed by atoms with Crippen molar-refractivity contribution in [2.24, 2.45) is 0 Å². The molecule has 3 N–H and O–H groups in total. The van der Waals surface area contributed by atoms with Crippen LogP contribution in [0.2, 0.25) is 10.0 Å². The van der Waals surface area contributed by atoms with Gasteiger partial charge in [-0.15, -0.1) is 0 Å². The number of hydrogen-bond donors (Lipinski definition) is 2. The molecule has 5 aromatic rings. The van der Waals surface area contributed by atoms with Crippen molar-refractivity contribution in [2.75, 3.05) is 59.5 Å². The molecule has 5 rings (SSSR count). The van der Waals surface area contributed by atoms with Gasteiger partial charge in [-0.25, -0.2) is 9.97 Å². The van der Waals surface area contributed by atoms with Crippen molar-refractivity contribution in [1.29, 1.82) is 0 Å². The second-order valence-electron chi connectivity index (χ2n) is 11.0.